The van der Waals surface area contributed by atoms with E-state index in [-0.39, 0.29) is 17.8 Å². The van der Waals surface area contributed by atoms with Gasteiger partial charge >= 0.3 is 12.4 Å². The Balaban J connectivity index is 2.21. The van der Waals surface area contributed by atoms with Crippen LogP contribution in [0.15, 0.2) is 12.4 Å². The molecule has 25 heavy (non-hydrogen) atoms. The van der Waals surface area contributed by atoms with E-state index in [1.165, 1.54) is 0 Å². The molecule has 0 saturated heterocycles. The lowest BCUT2D eigenvalue weighted by molar-refractivity contribution is -0.262. The Hall–Kier alpha value is -2.17. The van der Waals surface area contributed by atoms with Crippen LogP contribution in [0.5, 0.6) is 0 Å². The highest BCUT2D eigenvalue weighted by Crippen LogP contribution is 2.43. The molecule has 136 valence electrons. The van der Waals surface area contributed by atoms with Crippen LogP contribution in [0.1, 0.15) is 37.1 Å². The van der Waals surface area contributed by atoms with E-state index in [1.807, 2.05) is 0 Å². The molecule has 0 amide bonds. The van der Waals surface area contributed by atoms with Gasteiger partial charge in [0, 0.05) is 17.8 Å². The highest BCUT2D eigenvalue weighted by molar-refractivity contribution is 5.61. The van der Waals surface area contributed by atoms with E-state index in [1.54, 1.807) is 6.92 Å². The van der Waals surface area contributed by atoms with Gasteiger partial charge in [-0.05, 0) is 20.3 Å². The topological polar surface area (TPSA) is 63.8 Å². The summed E-state index contributed by atoms with van der Waals surface area (Å²) in [5.74, 6) is -2.09. The Kier molecular flexibility index (Phi) is 3.64. The number of aromatic nitrogens is 4. The molecule has 3 rings (SSSR count). The molecule has 1 aliphatic heterocycles. The van der Waals surface area contributed by atoms with E-state index >= 15 is 0 Å². The molecule has 2 aromatic rings. The number of fused-ring (bicyclic) bond motifs is 3. The molecule has 0 aliphatic carbocycles. The first kappa shape index (κ1) is 17.6. The van der Waals surface area contributed by atoms with Crippen molar-refractivity contribution < 1.29 is 31.4 Å². The Morgan fingerprint density at radius 2 is 1.76 bits per heavy atom. The van der Waals surface area contributed by atoms with Gasteiger partial charge in [-0.15, -0.1) is 0 Å². The minimum atomic E-state index is -5.00. The number of hydrogen-bond donors (Lipinski definition) is 1. The van der Waals surface area contributed by atoms with Crippen LogP contribution >= 0.6 is 0 Å². The Bertz CT molecular complexity index is 824. The molecule has 0 unspecified atom stereocenters. The predicted octanol–water partition coefficient (Wildman–Crippen LogP) is 3.25. The zero-order valence-corrected chi connectivity index (χ0v) is 12.9. The lowest BCUT2D eigenvalue weighted by Crippen LogP contribution is -2.42. The normalized spacial score (nSPS) is 20.0. The molecular formula is C14H12F6N4O. The predicted molar refractivity (Wildman–Crippen MR) is 72.3 cm³/mol. The highest BCUT2D eigenvalue weighted by atomic mass is 19.4. The molecule has 2 atom stereocenters. The van der Waals surface area contributed by atoms with Gasteiger partial charge in [0.05, 0.1) is 17.6 Å². The molecule has 0 spiro atoms. The van der Waals surface area contributed by atoms with E-state index in [0.29, 0.717) is 12.5 Å². The fourth-order valence-electron chi connectivity index (χ4n) is 2.79. The van der Waals surface area contributed by atoms with Crippen molar-refractivity contribution in [1.82, 2.24) is 19.5 Å². The maximum atomic E-state index is 13.1. The van der Waals surface area contributed by atoms with E-state index in [0.717, 1.165) is 17.0 Å². The van der Waals surface area contributed by atoms with Gasteiger partial charge in [0.1, 0.15) is 0 Å². The number of hydrogen-bond acceptors (Lipinski definition) is 4. The highest BCUT2D eigenvalue weighted by Gasteiger charge is 2.55. The quantitative estimate of drug-likeness (QED) is 0.787. The average molecular weight is 366 g/mol. The molecule has 2 aromatic heterocycles. The van der Waals surface area contributed by atoms with Crippen LogP contribution in [0, 0.1) is 0 Å². The minimum absolute atomic E-state index is 0.0267. The monoisotopic (exact) mass is 366 g/mol. The second kappa shape index (κ2) is 5.16. The maximum Gasteiger partial charge on any atom is 0.451 e. The Labute approximate surface area is 137 Å². The third kappa shape index (κ3) is 2.66. The van der Waals surface area contributed by atoms with E-state index < -0.39 is 35.6 Å². The molecule has 5 nitrogen and oxygen atoms in total. The number of rotatable bonds is 1. The number of halogens is 6. The van der Waals surface area contributed by atoms with Gasteiger partial charge in [-0.3, -0.25) is 0 Å². The van der Waals surface area contributed by atoms with Gasteiger partial charge in [-0.1, -0.05) is 0 Å². The van der Waals surface area contributed by atoms with Gasteiger partial charge < -0.3 is 9.67 Å². The minimum Gasteiger partial charge on any atom is -0.374 e. The van der Waals surface area contributed by atoms with Crippen molar-refractivity contribution in [2.75, 3.05) is 0 Å². The van der Waals surface area contributed by atoms with E-state index in [4.69, 9.17) is 0 Å². The van der Waals surface area contributed by atoms with Crippen LogP contribution in [-0.4, -0.2) is 30.8 Å². The molecule has 1 aliphatic rings. The van der Waals surface area contributed by atoms with Crippen LogP contribution in [0.4, 0.5) is 26.3 Å². The smallest absolute Gasteiger partial charge is 0.374 e. The lowest BCUT2D eigenvalue weighted by Gasteiger charge is -2.31. The summed E-state index contributed by atoms with van der Waals surface area (Å²) < 4.78 is 78.9. The van der Waals surface area contributed by atoms with Crippen LogP contribution in [0.25, 0.3) is 11.4 Å². The van der Waals surface area contributed by atoms with Gasteiger partial charge in [0.2, 0.25) is 11.4 Å². The van der Waals surface area contributed by atoms with Gasteiger partial charge in [0.25, 0.3) is 0 Å². The molecule has 3 heterocycles. The molecule has 0 saturated carbocycles. The largest absolute Gasteiger partial charge is 0.451 e. The third-order valence-corrected chi connectivity index (χ3v) is 4.10. The fraction of sp³-hybridized carbons (Fsp3) is 0.500. The molecule has 0 radical (unpaired) electrons. The van der Waals surface area contributed by atoms with Crippen molar-refractivity contribution in [1.29, 1.82) is 0 Å². The van der Waals surface area contributed by atoms with Crippen molar-refractivity contribution in [2.45, 2.75) is 44.3 Å². The van der Waals surface area contributed by atoms with Crippen LogP contribution in [0.3, 0.4) is 0 Å². The summed E-state index contributed by atoms with van der Waals surface area (Å²) in [5, 5.41) is 9.90. The van der Waals surface area contributed by atoms with E-state index in [9.17, 15) is 31.4 Å². The second-order valence-electron chi connectivity index (χ2n) is 6.03. The zero-order valence-electron chi connectivity index (χ0n) is 12.9. The summed E-state index contributed by atoms with van der Waals surface area (Å²) in [5.41, 5.74) is -3.05. The van der Waals surface area contributed by atoms with Crippen molar-refractivity contribution >= 4 is 0 Å². The Morgan fingerprint density at radius 1 is 1.12 bits per heavy atom. The number of aliphatic hydroxyl groups is 1. The number of alkyl halides is 6. The summed E-state index contributed by atoms with van der Waals surface area (Å²) in [4.78, 5) is 10.4. The maximum absolute atomic E-state index is 13.1. The van der Waals surface area contributed by atoms with Crippen LogP contribution in [0.2, 0.25) is 0 Å². The molecule has 0 fully saturated rings. The zero-order chi connectivity index (χ0) is 18.8. The first-order valence-electron chi connectivity index (χ1n) is 7.14. The summed E-state index contributed by atoms with van der Waals surface area (Å²) in [6.07, 6.45) is -7.68. The number of nitrogens with zero attached hydrogens (tertiary/aromatic N) is 4. The summed E-state index contributed by atoms with van der Waals surface area (Å²) in [6.45, 7) is 2.12. The number of imidazole rings is 1. The van der Waals surface area contributed by atoms with Crippen molar-refractivity contribution in [3.8, 4) is 11.4 Å². The average Bonchev–Trinajstić information content (AvgIpc) is 2.91. The SMILES string of the molecule is C[C@@H]1Cc2cnc(C(F)(F)F)nc2-c2cnc([C@](C)(O)C(F)(F)F)n21. The summed E-state index contributed by atoms with van der Waals surface area (Å²) in [7, 11) is 0. The molecule has 0 aromatic carbocycles. The van der Waals surface area contributed by atoms with Gasteiger partial charge in [-0.25, -0.2) is 15.0 Å². The lowest BCUT2D eigenvalue weighted by atomic mass is 9.98. The summed E-state index contributed by atoms with van der Waals surface area (Å²) >= 11 is 0. The van der Waals surface area contributed by atoms with Crippen LogP contribution < -0.4 is 0 Å². The third-order valence-electron chi connectivity index (χ3n) is 4.10. The van der Waals surface area contributed by atoms with E-state index in [2.05, 4.69) is 15.0 Å². The van der Waals surface area contributed by atoms with Crippen molar-refractivity contribution in [2.24, 2.45) is 0 Å². The van der Waals surface area contributed by atoms with Gasteiger partial charge in [0.15, 0.2) is 5.82 Å². The standard InChI is InChI=1S/C14H12F6N4O/c1-6-3-7-4-21-10(13(15,16)17)23-9(7)8-5-22-11(24(6)8)12(2,25)14(18,19)20/h4-6,25H,3H2,1-2H3/t6-,12+/m1/s1. The summed E-state index contributed by atoms with van der Waals surface area (Å²) in [6, 6.07) is -0.575. The molecule has 0 bridgehead atoms. The Morgan fingerprint density at radius 3 is 2.32 bits per heavy atom. The van der Waals surface area contributed by atoms with Crippen LogP contribution in [-0.2, 0) is 18.2 Å². The molecule has 11 heteroatoms. The first-order chi connectivity index (χ1) is 11.3. The first-order valence-corrected chi connectivity index (χ1v) is 7.14. The van der Waals surface area contributed by atoms with Gasteiger partial charge in [-0.2, -0.15) is 26.3 Å². The molecular weight excluding hydrogens is 354 g/mol. The molecule has 1 N–H and O–H groups in total. The second-order valence-corrected chi connectivity index (χ2v) is 6.03. The van der Waals surface area contributed by atoms with Crippen molar-refractivity contribution in [3.63, 3.8) is 0 Å². The fourth-order valence-corrected chi connectivity index (χ4v) is 2.79. The van der Waals surface area contributed by atoms with Crippen molar-refractivity contribution in [3.05, 3.63) is 29.6 Å².